The molecule has 21 heavy (non-hydrogen) atoms. The molecule has 0 amide bonds. The minimum absolute atomic E-state index is 0.661. The van der Waals surface area contributed by atoms with E-state index in [1.165, 1.54) is 23.5 Å². The van der Waals surface area contributed by atoms with Crippen LogP contribution in [0.1, 0.15) is 26.7 Å². The molecule has 2 aromatic rings. The van der Waals surface area contributed by atoms with Crippen molar-refractivity contribution in [2.75, 3.05) is 14.2 Å². The molecule has 0 spiro atoms. The summed E-state index contributed by atoms with van der Waals surface area (Å²) in [6.07, 6.45) is 2.64. The largest absolute Gasteiger partial charge is 0.497 e. The van der Waals surface area contributed by atoms with Gasteiger partial charge < -0.3 is 9.47 Å². The molecule has 0 aliphatic carbocycles. The molecule has 0 aliphatic rings. The fraction of sp³-hybridized carbons (Fsp3) is 0.333. The van der Waals surface area contributed by atoms with Crippen molar-refractivity contribution in [3.8, 4) is 11.5 Å². The molecule has 3 heteroatoms. The third kappa shape index (κ3) is 6.64. The molecule has 0 unspecified atom stereocenters. The monoisotopic (exact) mass is 304 g/mol. The molecule has 2 aromatic carbocycles. The summed E-state index contributed by atoms with van der Waals surface area (Å²) in [5.41, 5.74) is 0. The van der Waals surface area contributed by atoms with Crippen LogP contribution in [-0.2, 0) is 0 Å². The SMILES string of the molecule is CCCC.COc1ccc(Pc2ccc(OC)cc2)cc1. The van der Waals surface area contributed by atoms with Crippen molar-refractivity contribution in [2.24, 2.45) is 0 Å². The molecule has 0 N–H and O–H groups in total. The van der Waals surface area contributed by atoms with E-state index in [0.717, 1.165) is 11.5 Å². The zero-order valence-electron chi connectivity index (χ0n) is 13.3. The maximum atomic E-state index is 5.14. The van der Waals surface area contributed by atoms with Crippen molar-refractivity contribution in [1.29, 1.82) is 0 Å². The van der Waals surface area contributed by atoms with Gasteiger partial charge in [0, 0.05) is 0 Å². The Morgan fingerprint density at radius 1 is 0.667 bits per heavy atom. The van der Waals surface area contributed by atoms with Gasteiger partial charge in [0.1, 0.15) is 11.5 Å². The summed E-state index contributed by atoms with van der Waals surface area (Å²) in [5, 5.41) is 2.60. The van der Waals surface area contributed by atoms with Crippen LogP contribution in [0.5, 0.6) is 11.5 Å². The first-order valence-corrected chi connectivity index (χ1v) is 8.28. The number of rotatable bonds is 5. The lowest BCUT2D eigenvalue weighted by atomic mass is 10.3. The molecule has 114 valence electrons. The second kappa shape index (κ2) is 10.2. The van der Waals surface area contributed by atoms with Gasteiger partial charge in [-0.2, -0.15) is 0 Å². The van der Waals surface area contributed by atoms with E-state index >= 15 is 0 Å². The molecular formula is C18H25O2P. The number of hydrogen-bond acceptors (Lipinski definition) is 2. The van der Waals surface area contributed by atoms with Crippen molar-refractivity contribution in [2.45, 2.75) is 26.7 Å². The molecule has 0 atom stereocenters. The van der Waals surface area contributed by atoms with Gasteiger partial charge in [0.2, 0.25) is 0 Å². The van der Waals surface area contributed by atoms with Crippen LogP contribution in [0.3, 0.4) is 0 Å². The van der Waals surface area contributed by atoms with E-state index in [-0.39, 0.29) is 0 Å². The van der Waals surface area contributed by atoms with Gasteiger partial charge >= 0.3 is 0 Å². The van der Waals surface area contributed by atoms with Crippen LogP contribution in [0.4, 0.5) is 0 Å². The standard InChI is InChI=1S/C14H15O2P.C4H10/c1-15-11-3-7-13(8-4-11)17-14-9-5-12(16-2)6-10-14;1-3-4-2/h3-10,17H,1-2H3;3-4H2,1-2H3. The normalized spacial score (nSPS) is 9.52. The molecule has 2 rings (SSSR count). The summed E-state index contributed by atoms with van der Waals surface area (Å²) in [6.45, 7) is 4.36. The summed E-state index contributed by atoms with van der Waals surface area (Å²) in [4.78, 5) is 0. The summed E-state index contributed by atoms with van der Waals surface area (Å²) in [5.74, 6) is 1.79. The van der Waals surface area contributed by atoms with E-state index in [0.29, 0.717) is 8.58 Å². The minimum atomic E-state index is 0.661. The first kappa shape index (κ1) is 17.5. The van der Waals surface area contributed by atoms with E-state index in [4.69, 9.17) is 9.47 Å². The van der Waals surface area contributed by atoms with Gasteiger partial charge in [0.05, 0.1) is 14.2 Å². The Kier molecular flexibility index (Phi) is 8.54. The molecule has 0 aliphatic heterocycles. The molecule has 0 saturated carbocycles. The first-order chi connectivity index (χ1) is 10.2. The molecule has 0 radical (unpaired) electrons. The van der Waals surface area contributed by atoms with Gasteiger partial charge in [0.25, 0.3) is 0 Å². The average molecular weight is 304 g/mol. The Hall–Kier alpha value is -1.53. The molecule has 2 nitrogen and oxygen atoms in total. The molecule has 0 bridgehead atoms. The smallest absolute Gasteiger partial charge is 0.118 e. The highest BCUT2D eigenvalue weighted by atomic mass is 31.1. The van der Waals surface area contributed by atoms with Crippen molar-refractivity contribution < 1.29 is 9.47 Å². The van der Waals surface area contributed by atoms with E-state index in [9.17, 15) is 0 Å². The predicted molar refractivity (Wildman–Crippen MR) is 94.2 cm³/mol. The van der Waals surface area contributed by atoms with Crippen LogP contribution in [-0.4, -0.2) is 14.2 Å². The Bertz CT molecular complexity index is 444. The molecule has 0 heterocycles. The Balaban J connectivity index is 0.000000491. The van der Waals surface area contributed by atoms with Gasteiger partial charge in [-0.25, -0.2) is 0 Å². The lowest BCUT2D eigenvalue weighted by molar-refractivity contribution is 0.415. The van der Waals surface area contributed by atoms with Crippen molar-refractivity contribution in [1.82, 2.24) is 0 Å². The lowest BCUT2D eigenvalue weighted by Gasteiger charge is -2.05. The fourth-order valence-electron chi connectivity index (χ4n) is 1.52. The Labute approximate surface area is 130 Å². The highest BCUT2D eigenvalue weighted by Crippen LogP contribution is 2.16. The third-order valence-corrected chi connectivity index (χ3v) is 4.21. The van der Waals surface area contributed by atoms with Crippen LogP contribution in [0.25, 0.3) is 0 Å². The van der Waals surface area contributed by atoms with Gasteiger partial charge in [-0.15, -0.1) is 0 Å². The molecule has 0 saturated heterocycles. The summed E-state index contributed by atoms with van der Waals surface area (Å²) in [7, 11) is 4.02. The summed E-state index contributed by atoms with van der Waals surface area (Å²) < 4.78 is 10.3. The fourth-order valence-corrected chi connectivity index (χ4v) is 2.52. The van der Waals surface area contributed by atoms with Gasteiger partial charge in [-0.1, -0.05) is 59.5 Å². The minimum Gasteiger partial charge on any atom is -0.497 e. The number of ether oxygens (including phenoxy) is 2. The second-order valence-corrected chi connectivity index (χ2v) is 5.99. The maximum absolute atomic E-state index is 5.14. The maximum Gasteiger partial charge on any atom is 0.118 e. The van der Waals surface area contributed by atoms with Crippen molar-refractivity contribution in [3.63, 3.8) is 0 Å². The summed E-state index contributed by atoms with van der Waals surface area (Å²) in [6, 6.07) is 16.4. The van der Waals surface area contributed by atoms with Gasteiger partial charge in [-0.3, -0.25) is 0 Å². The summed E-state index contributed by atoms with van der Waals surface area (Å²) >= 11 is 0. The number of unbranched alkanes of at least 4 members (excludes halogenated alkanes) is 1. The lowest BCUT2D eigenvalue weighted by Crippen LogP contribution is -2.02. The second-order valence-electron chi connectivity index (χ2n) is 4.58. The Morgan fingerprint density at radius 3 is 1.24 bits per heavy atom. The zero-order chi connectivity index (χ0) is 15.5. The zero-order valence-corrected chi connectivity index (χ0v) is 14.3. The van der Waals surface area contributed by atoms with E-state index < -0.39 is 0 Å². The number of benzene rings is 2. The van der Waals surface area contributed by atoms with Gasteiger partial charge in [-0.05, 0) is 34.9 Å². The van der Waals surface area contributed by atoms with Gasteiger partial charge in [0.15, 0.2) is 0 Å². The predicted octanol–water partition coefficient (Wildman–Crippen LogP) is 4.14. The topological polar surface area (TPSA) is 18.5 Å². The van der Waals surface area contributed by atoms with Crippen LogP contribution >= 0.6 is 8.58 Å². The highest BCUT2D eigenvalue weighted by Gasteiger charge is 1.98. The van der Waals surface area contributed by atoms with E-state index in [1.807, 2.05) is 24.3 Å². The van der Waals surface area contributed by atoms with Crippen molar-refractivity contribution >= 4 is 19.2 Å². The average Bonchev–Trinajstić information content (AvgIpc) is 2.56. The Morgan fingerprint density at radius 2 is 1.00 bits per heavy atom. The van der Waals surface area contributed by atoms with Crippen LogP contribution in [0.15, 0.2) is 48.5 Å². The van der Waals surface area contributed by atoms with Crippen LogP contribution in [0, 0.1) is 0 Å². The third-order valence-electron chi connectivity index (χ3n) is 2.97. The van der Waals surface area contributed by atoms with Crippen LogP contribution < -0.4 is 20.1 Å². The first-order valence-electron chi connectivity index (χ1n) is 7.28. The molecular weight excluding hydrogens is 279 g/mol. The van der Waals surface area contributed by atoms with E-state index in [2.05, 4.69) is 38.1 Å². The van der Waals surface area contributed by atoms with Crippen molar-refractivity contribution in [3.05, 3.63) is 48.5 Å². The number of hydrogen-bond donors (Lipinski definition) is 0. The number of methoxy groups -OCH3 is 2. The van der Waals surface area contributed by atoms with E-state index in [1.54, 1.807) is 14.2 Å². The quantitative estimate of drug-likeness (QED) is 0.773. The molecule has 0 aromatic heterocycles. The van der Waals surface area contributed by atoms with Crippen LogP contribution in [0.2, 0.25) is 0 Å². The highest BCUT2D eigenvalue weighted by molar-refractivity contribution is 7.55. The molecule has 0 fully saturated rings.